The zero-order valence-corrected chi connectivity index (χ0v) is 15.9. The number of rotatable bonds is 6. The topological polar surface area (TPSA) is 62.6 Å². The van der Waals surface area contributed by atoms with Crippen LogP contribution in [0.4, 0.5) is 13.2 Å². The number of carbonyl (C=O) groups is 2. The van der Waals surface area contributed by atoms with Gasteiger partial charge in [0.1, 0.15) is 11.8 Å². The summed E-state index contributed by atoms with van der Waals surface area (Å²) in [6, 6.07) is 4.74. The number of hydrogen-bond acceptors (Lipinski definition) is 4. The van der Waals surface area contributed by atoms with Gasteiger partial charge in [-0.3, -0.25) is 9.59 Å². The molecule has 9 heteroatoms. The molecule has 1 saturated carbocycles. The van der Waals surface area contributed by atoms with Crippen LogP contribution < -0.4 is 5.32 Å². The number of hydrogen-bond donors (Lipinski definition) is 1. The molecule has 5 nitrogen and oxygen atoms in total. The van der Waals surface area contributed by atoms with Gasteiger partial charge in [-0.15, -0.1) is 11.3 Å². The molecular formula is C19H21F3N2O3S. The number of carbonyl (C=O) groups excluding carboxylic acids is 2. The van der Waals surface area contributed by atoms with Crippen LogP contribution in [0.2, 0.25) is 0 Å². The summed E-state index contributed by atoms with van der Waals surface area (Å²) in [5.74, 6) is -2.50. The average Bonchev–Trinajstić information content (AvgIpc) is 3.35. The first-order valence-electron chi connectivity index (χ1n) is 9.10. The minimum absolute atomic E-state index is 0.0878. The van der Waals surface area contributed by atoms with E-state index in [1.807, 2.05) is 0 Å². The summed E-state index contributed by atoms with van der Waals surface area (Å²) in [4.78, 5) is 26.1. The molecule has 2 amide bonds. The molecule has 1 fully saturated rings. The summed E-state index contributed by atoms with van der Waals surface area (Å²) in [7, 11) is 0. The van der Waals surface area contributed by atoms with E-state index in [1.54, 1.807) is 17.5 Å². The molecule has 3 rings (SSSR count). The molecule has 2 aromatic heterocycles. The van der Waals surface area contributed by atoms with Gasteiger partial charge in [-0.2, -0.15) is 13.2 Å². The quantitative estimate of drug-likeness (QED) is 0.761. The lowest BCUT2D eigenvalue weighted by Gasteiger charge is -2.32. The van der Waals surface area contributed by atoms with Crippen molar-refractivity contribution in [2.45, 2.75) is 56.9 Å². The minimum atomic E-state index is -5.10. The van der Waals surface area contributed by atoms with Gasteiger partial charge in [-0.1, -0.05) is 25.3 Å². The number of amides is 2. The lowest BCUT2D eigenvalue weighted by molar-refractivity contribution is -0.189. The van der Waals surface area contributed by atoms with E-state index in [2.05, 4.69) is 5.32 Å². The van der Waals surface area contributed by atoms with Gasteiger partial charge in [0.2, 0.25) is 5.91 Å². The Balaban J connectivity index is 1.91. The van der Waals surface area contributed by atoms with Crippen LogP contribution in [0.1, 0.15) is 48.8 Å². The van der Waals surface area contributed by atoms with E-state index >= 15 is 0 Å². The Morgan fingerprint density at radius 3 is 2.54 bits per heavy atom. The molecule has 28 heavy (non-hydrogen) atoms. The van der Waals surface area contributed by atoms with Crippen molar-refractivity contribution in [1.82, 2.24) is 10.2 Å². The van der Waals surface area contributed by atoms with Crippen LogP contribution in [0.15, 0.2) is 40.3 Å². The van der Waals surface area contributed by atoms with Crippen LogP contribution >= 0.6 is 11.3 Å². The third-order valence-electron chi connectivity index (χ3n) is 4.73. The fourth-order valence-electron chi connectivity index (χ4n) is 3.41. The van der Waals surface area contributed by atoms with E-state index in [0.29, 0.717) is 9.78 Å². The van der Waals surface area contributed by atoms with Crippen LogP contribution in [0.25, 0.3) is 0 Å². The van der Waals surface area contributed by atoms with Gasteiger partial charge in [0.25, 0.3) is 0 Å². The Kier molecular flexibility index (Phi) is 6.43. The smallest absolute Gasteiger partial charge is 0.467 e. The monoisotopic (exact) mass is 414 g/mol. The van der Waals surface area contributed by atoms with Crippen molar-refractivity contribution in [3.8, 4) is 0 Å². The van der Waals surface area contributed by atoms with E-state index in [0.717, 1.165) is 43.4 Å². The van der Waals surface area contributed by atoms with Gasteiger partial charge < -0.3 is 14.6 Å². The predicted octanol–water partition coefficient (Wildman–Crippen LogP) is 4.42. The van der Waals surface area contributed by atoms with Crippen molar-refractivity contribution in [2.75, 3.05) is 0 Å². The highest BCUT2D eigenvalue weighted by atomic mass is 32.1. The molecule has 2 heterocycles. The molecule has 2 aromatic rings. The zero-order valence-electron chi connectivity index (χ0n) is 15.1. The van der Waals surface area contributed by atoms with Gasteiger partial charge in [-0.25, -0.2) is 0 Å². The van der Waals surface area contributed by atoms with Gasteiger partial charge in [-0.05, 0) is 36.4 Å². The number of nitrogens with one attached hydrogen (secondary N) is 1. The second-order valence-corrected chi connectivity index (χ2v) is 7.75. The molecule has 1 N–H and O–H groups in total. The Labute approximate surface area is 164 Å². The number of furan rings is 1. The second kappa shape index (κ2) is 8.81. The fraction of sp³-hybridized carbons (Fsp3) is 0.474. The van der Waals surface area contributed by atoms with E-state index < -0.39 is 30.6 Å². The van der Waals surface area contributed by atoms with E-state index in [4.69, 9.17) is 4.42 Å². The van der Waals surface area contributed by atoms with Gasteiger partial charge in [0, 0.05) is 10.9 Å². The largest absolute Gasteiger partial charge is 0.471 e. The Hall–Kier alpha value is -2.29. The summed E-state index contributed by atoms with van der Waals surface area (Å²) in [6.07, 6.45) is 0.792. The van der Waals surface area contributed by atoms with Crippen LogP contribution in [-0.2, 0) is 16.1 Å². The van der Waals surface area contributed by atoms with E-state index in [1.165, 1.54) is 18.4 Å². The maximum atomic E-state index is 13.3. The van der Waals surface area contributed by atoms with Crippen molar-refractivity contribution in [3.05, 3.63) is 46.5 Å². The third-order valence-corrected chi connectivity index (χ3v) is 5.66. The maximum Gasteiger partial charge on any atom is 0.471 e. The van der Waals surface area contributed by atoms with Crippen molar-refractivity contribution in [2.24, 2.45) is 0 Å². The highest BCUT2D eigenvalue weighted by Gasteiger charge is 2.47. The van der Waals surface area contributed by atoms with E-state index in [-0.39, 0.29) is 11.8 Å². The van der Waals surface area contributed by atoms with Crippen LogP contribution in [0.3, 0.4) is 0 Å². The lowest BCUT2D eigenvalue weighted by Crippen LogP contribution is -2.49. The summed E-state index contributed by atoms with van der Waals surface area (Å²) in [5, 5.41) is 4.52. The standard InChI is InChI=1S/C19H21F3N2O3S/c20-19(21,22)18(26)24(12-14-8-4-10-27-14)16(15-9-5-11-28-15)17(25)23-13-6-2-1-3-7-13/h4-5,8-11,13,16H,1-3,6-7,12H2,(H,23,25)/t16-/m1/s1. The first kappa shape index (κ1) is 20.4. The molecule has 0 aromatic carbocycles. The van der Waals surface area contributed by atoms with Crippen LogP contribution in [-0.4, -0.2) is 28.9 Å². The van der Waals surface area contributed by atoms with Crippen molar-refractivity contribution >= 4 is 23.2 Å². The number of alkyl halides is 3. The Morgan fingerprint density at radius 2 is 1.96 bits per heavy atom. The Bertz CT molecular complexity index is 769. The first-order chi connectivity index (χ1) is 13.4. The van der Waals surface area contributed by atoms with Crippen LogP contribution in [0, 0.1) is 0 Å². The second-order valence-electron chi connectivity index (χ2n) is 6.77. The lowest BCUT2D eigenvalue weighted by atomic mass is 9.95. The first-order valence-corrected chi connectivity index (χ1v) is 9.98. The van der Waals surface area contributed by atoms with Crippen LogP contribution in [0.5, 0.6) is 0 Å². The normalized spacial score (nSPS) is 16.5. The molecule has 1 aliphatic rings. The highest BCUT2D eigenvalue weighted by Crippen LogP contribution is 2.32. The summed E-state index contributed by atoms with van der Waals surface area (Å²) >= 11 is 1.14. The molecule has 0 bridgehead atoms. The number of halogens is 3. The summed E-state index contributed by atoms with van der Waals surface area (Å²) < 4.78 is 45.0. The van der Waals surface area contributed by atoms with Gasteiger partial charge in [0.05, 0.1) is 12.8 Å². The maximum absolute atomic E-state index is 13.3. The third kappa shape index (κ3) is 4.95. The molecule has 0 unspecified atom stereocenters. The molecule has 0 spiro atoms. The highest BCUT2D eigenvalue weighted by molar-refractivity contribution is 7.10. The van der Waals surface area contributed by atoms with Crippen molar-refractivity contribution < 1.29 is 27.2 Å². The predicted molar refractivity (Wildman–Crippen MR) is 97.4 cm³/mol. The van der Waals surface area contributed by atoms with E-state index in [9.17, 15) is 22.8 Å². The minimum Gasteiger partial charge on any atom is -0.467 e. The molecule has 0 radical (unpaired) electrons. The van der Waals surface area contributed by atoms with Gasteiger partial charge in [0.15, 0.2) is 0 Å². The molecule has 1 aliphatic carbocycles. The zero-order chi connectivity index (χ0) is 20.1. The molecule has 1 atom stereocenters. The molecule has 152 valence electrons. The number of nitrogens with zero attached hydrogens (tertiary/aromatic N) is 1. The average molecular weight is 414 g/mol. The van der Waals surface area contributed by atoms with Crippen molar-refractivity contribution in [1.29, 1.82) is 0 Å². The molecular weight excluding hydrogens is 393 g/mol. The molecule has 0 saturated heterocycles. The number of thiophene rings is 1. The summed E-state index contributed by atoms with van der Waals surface area (Å²) in [6.45, 7) is -0.452. The molecule has 0 aliphatic heterocycles. The fourth-order valence-corrected chi connectivity index (χ4v) is 4.25. The summed E-state index contributed by atoms with van der Waals surface area (Å²) in [5.41, 5.74) is 0. The SMILES string of the molecule is O=C(NC1CCCCC1)[C@@H](c1cccs1)N(Cc1ccco1)C(=O)C(F)(F)F. The van der Waals surface area contributed by atoms with Crippen molar-refractivity contribution in [3.63, 3.8) is 0 Å². The Morgan fingerprint density at radius 1 is 1.21 bits per heavy atom. The van der Waals surface area contributed by atoms with Gasteiger partial charge >= 0.3 is 12.1 Å².